The fourth-order valence-corrected chi connectivity index (χ4v) is 5.05. The Morgan fingerprint density at radius 1 is 1.06 bits per heavy atom. The quantitative estimate of drug-likeness (QED) is 0.622. The van der Waals surface area contributed by atoms with Crippen molar-refractivity contribution in [3.8, 4) is 5.75 Å². The summed E-state index contributed by atoms with van der Waals surface area (Å²) in [5.74, 6) is 0.461. The molecule has 0 atom stereocenters. The number of amides is 1. The molecule has 0 saturated carbocycles. The predicted molar refractivity (Wildman–Crippen MR) is 121 cm³/mol. The van der Waals surface area contributed by atoms with E-state index in [1.54, 1.807) is 48.2 Å². The molecule has 6 nitrogen and oxygen atoms in total. The van der Waals surface area contributed by atoms with Crippen LogP contribution in [0.2, 0.25) is 0 Å². The molecule has 1 amide bonds. The summed E-state index contributed by atoms with van der Waals surface area (Å²) < 4.78 is 34.1. The zero-order valence-corrected chi connectivity index (χ0v) is 18.3. The molecule has 7 heteroatoms. The molecule has 31 heavy (non-hydrogen) atoms. The highest BCUT2D eigenvalue weighted by molar-refractivity contribution is 7.92. The number of para-hydroxylation sites is 1. The van der Waals surface area contributed by atoms with Crippen LogP contribution in [0.4, 0.5) is 11.4 Å². The molecule has 160 valence electrons. The van der Waals surface area contributed by atoms with E-state index in [0.29, 0.717) is 35.7 Å². The van der Waals surface area contributed by atoms with Gasteiger partial charge in [-0.25, -0.2) is 8.42 Å². The van der Waals surface area contributed by atoms with Gasteiger partial charge >= 0.3 is 0 Å². The summed E-state index contributed by atoms with van der Waals surface area (Å²) in [4.78, 5) is 14.9. The lowest BCUT2D eigenvalue weighted by Gasteiger charge is -2.18. The van der Waals surface area contributed by atoms with Crippen molar-refractivity contribution in [2.45, 2.75) is 25.2 Å². The molecular formula is C24H24N2O4S. The van der Waals surface area contributed by atoms with Crippen molar-refractivity contribution in [1.29, 1.82) is 0 Å². The molecule has 4 rings (SSSR count). The monoisotopic (exact) mass is 436 g/mol. The first-order chi connectivity index (χ1) is 14.9. The summed E-state index contributed by atoms with van der Waals surface area (Å²) in [7, 11) is -3.87. The van der Waals surface area contributed by atoms with Crippen LogP contribution in [-0.4, -0.2) is 27.5 Å². The van der Waals surface area contributed by atoms with E-state index in [1.165, 1.54) is 6.07 Å². The predicted octanol–water partition coefficient (Wildman–Crippen LogP) is 4.40. The van der Waals surface area contributed by atoms with Gasteiger partial charge < -0.3 is 9.64 Å². The van der Waals surface area contributed by atoms with Crippen molar-refractivity contribution in [2.24, 2.45) is 0 Å². The van der Waals surface area contributed by atoms with Crippen LogP contribution in [0.3, 0.4) is 0 Å². The van der Waals surface area contributed by atoms with Crippen molar-refractivity contribution in [1.82, 2.24) is 0 Å². The Kier molecular flexibility index (Phi) is 5.69. The Morgan fingerprint density at radius 3 is 2.55 bits per heavy atom. The third-order valence-electron chi connectivity index (χ3n) is 5.27. The van der Waals surface area contributed by atoms with Gasteiger partial charge in [0.15, 0.2) is 0 Å². The summed E-state index contributed by atoms with van der Waals surface area (Å²) in [6.45, 7) is 4.71. The molecule has 0 spiro atoms. The van der Waals surface area contributed by atoms with Gasteiger partial charge in [-0.15, -0.1) is 0 Å². The average Bonchev–Trinajstić information content (AvgIpc) is 3.19. The van der Waals surface area contributed by atoms with Crippen LogP contribution in [0.1, 0.15) is 28.4 Å². The lowest BCUT2D eigenvalue weighted by atomic mass is 10.1. The minimum atomic E-state index is -3.87. The number of hydrogen-bond acceptors (Lipinski definition) is 4. The summed E-state index contributed by atoms with van der Waals surface area (Å²) in [6, 6.07) is 19.3. The molecule has 0 unspecified atom stereocenters. The molecule has 1 heterocycles. The fourth-order valence-electron chi connectivity index (χ4n) is 3.72. The number of ether oxygens (including phenoxy) is 1. The van der Waals surface area contributed by atoms with Gasteiger partial charge in [-0.3, -0.25) is 9.52 Å². The van der Waals surface area contributed by atoms with Gasteiger partial charge in [0.2, 0.25) is 0 Å². The third kappa shape index (κ3) is 4.27. The van der Waals surface area contributed by atoms with E-state index in [-0.39, 0.29) is 10.8 Å². The van der Waals surface area contributed by atoms with Crippen LogP contribution < -0.4 is 14.4 Å². The minimum absolute atomic E-state index is 0.0831. The van der Waals surface area contributed by atoms with E-state index >= 15 is 0 Å². The van der Waals surface area contributed by atoms with Gasteiger partial charge in [0.1, 0.15) is 5.75 Å². The topological polar surface area (TPSA) is 75.7 Å². The number of aryl methyl sites for hydroxylation is 1. The van der Waals surface area contributed by atoms with Gasteiger partial charge in [0.05, 0.1) is 11.5 Å². The van der Waals surface area contributed by atoms with E-state index in [4.69, 9.17) is 4.74 Å². The second kappa shape index (κ2) is 8.43. The number of nitrogens with zero attached hydrogens (tertiary/aromatic N) is 1. The zero-order valence-electron chi connectivity index (χ0n) is 17.5. The fraction of sp³-hybridized carbons (Fsp3) is 0.208. The van der Waals surface area contributed by atoms with E-state index in [1.807, 2.05) is 31.2 Å². The summed E-state index contributed by atoms with van der Waals surface area (Å²) in [5, 5.41) is 0. The molecule has 0 aromatic heterocycles. The number of benzene rings is 3. The largest absolute Gasteiger partial charge is 0.494 e. The number of carbonyl (C=O) groups excluding carboxylic acids is 1. The second-order valence-electron chi connectivity index (χ2n) is 7.38. The molecule has 0 bridgehead atoms. The summed E-state index contributed by atoms with van der Waals surface area (Å²) in [5.41, 5.74) is 3.33. The van der Waals surface area contributed by atoms with Crippen LogP contribution in [0.5, 0.6) is 5.75 Å². The standard InChI is InChI=1S/C24H24N2O4S/c1-3-30-21-12-10-20(11-13-21)25-31(28,29)23-16-19(9-8-17(23)2)24(27)26-15-14-18-6-4-5-7-22(18)26/h4-13,16,25H,3,14-15H2,1-2H3. The highest BCUT2D eigenvalue weighted by Gasteiger charge is 2.27. The first kappa shape index (κ1) is 20.9. The number of anilines is 2. The summed E-state index contributed by atoms with van der Waals surface area (Å²) in [6.07, 6.45) is 0.790. The normalized spacial score (nSPS) is 13.0. The van der Waals surface area contributed by atoms with Crippen molar-refractivity contribution in [3.63, 3.8) is 0 Å². The Hall–Kier alpha value is -3.32. The Balaban J connectivity index is 1.60. The smallest absolute Gasteiger partial charge is 0.262 e. The maximum Gasteiger partial charge on any atom is 0.262 e. The number of rotatable bonds is 6. The van der Waals surface area contributed by atoms with Gasteiger partial charge in [0.25, 0.3) is 15.9 Å². The molecule has 3 aromatic carbocycles. The Morgan fingerprint density at radius 2 is 1.81 bits per heavy atom. The number of fused-ring (bicyclic) bond motifs is 1. The first-order valence-corrected chi connectivity index (χ1v) is 11.6. The zero-order chi connectivity index (χ0) is 22.0. The molecule has 1 N–H and O–H groups in total. The third-order valence-corrected chi connectivity index (χ3v) is 6.80. The first-order valence-electron chi connectivity index (χ1n) is 10.1. The van der Waals surface area contributed by atoms with Gasteiger partial charge in [0, 0.05) is 23.5 Å². The molecule has 0 radical (unpaired) electrons. The van der Waals surface area contributed by atoms with E-state index in [2.05, 4.69) is 4.72 Å². The van der Waals surface area contributed by atoms with Crippen LogP contribution in [-0.2, 0) is 16.4 Å². The SMILES string of the molecule is CCOc1ccc(NS(=O)(=O)c2cc(C(=O)N3CCc4ccccc43)ccc2C)cc1. The maximum absolute atomic E-state index is 13.2. The lowest BCUT2D eigenvalue weighted by Crippen LogP contribution is -2.29. The molecule has 1 aliphatic heterocycles. The molecular weight excluding hydrogens is 412 g/mol. The number of carbonyl (C=O) groups is 1. The maximum atomic E-state index is 13.2. The molecule has 0 saturated heterocycles. The lowest BCUT2D eigenvalue weighted by molar-refractivity contribution is 0.0989. The van der Waals surface area contributed by atoms with Gasteiger partial charge in [-0.05, 0) is 73.9 Å². The number of sulfonamides is 1. The number of nitrogens with one attached hydrogen (secondary N) is 1. The number of hydrogen-bond donors (Lipinski definition) is 1. The Labute approximate surface area is 182 Å². The summed E-state index contributed by atoms with van der Waals surface area (Å²) >= 11 is 0. The van der Waals surface area contributed by atoms with E-state index in [9.17, 15) is 13.2 Å². The van der Waals surface area contributed by atoms with E-state index < -0.39 is 10.0 Å². The van der Waals surface area contributed by atoms with E-state index in [0.717, 1.165) is 17.7 Å². The van der Waals surface area contributed by atoms with Crippen LogP contribution in [0, 0.1) is 6.92 Å². The molecule has 3 aromatic rings. The van der Waals surface area contributed by atoms with Crippen LogP contribution in [0.25, 0.3) is 0 Å². The van der Waals surface area contributed by atoms with Gasteiger partial charge in [-0.2, -0.15) is 0 Å². The molecule has 0 aliphatic carbocycles. The van der Waals surface area contributed by atoms with Crippen LogP contribution >= 0.6 is 0 Å². The van der Waals surface area contributed by atoms with Crippen molar-refractivity contribution in [3.05, 3.63) is 83.4 Å². The second-order valence-corrected chi connectivity index (χ2v) is 9.03. The van der Waals surface area contributed by atoms with Crippen molar-refractivity contribution < 1.29 is 17.9 Å². The highest BCUT2D eigenvalue weighted by atomic mass is 32.2. The highest BCUT2D eigenvalue weighted by Crippen LogP contribution is 2.30. The van der Waals surface area contributed by atoms with Crippen molar-refractivity contribution >= 4 is 27.3 Å². The van der Waals surface area contributed by atoms with Gasteiger partial charge in [-0.1, -0.05) is 24.3 Å². The Bertz CT molecular complexity index is 1220. The minimum Gasteiger partial charge on any atom is -0.494 e. The molecule has 0 fully saturated rings. The van der Waals surface area contributed by atoms with Crippen LogP contribution in [0.15, 0.2) is 71.6 Å². The molecule has 1 aliphatic rings. The van der Waals surface area contributed by atoms with Crippen molar-refractivity contribution in [2.75, 3.05) is 22.8 Å². The average molecular weight is 437 g/mol.